The predicted molar refractivity (Wildman–Crippen MR) is 83.4 cm³/mol. The van der Waals surface area contributed by atoms with Gasteiger partial charge in [0.25, 0.3) is 0 Å². The van der Waals surface area contributed by atoms with Crippen LogP contribution in [0.3, 0.4) is 0 Å². The molecule has 106 valence electrons. The highest BCUT2D eigenvalue weighted by atomic mass is 14.9. The van der Waals surface area contributed by atoms with Crippen molar-refractivity contribution in [2.45, 2.75) is 71.4 Å². The Labute approximate surface area is 118 Å². The van der Waals surface area contributed by atoms with Gasteiger partial charge in [0.15, 0.2) is 0 Å². The molecule has 1 fully saturated rings. The Balaban J connectivity index is 1.81. The largest absolute Gasteiger partial charge is 0.310 e. The zero-order chi connectivity index (χ0) is 13.7. The van der Waals surface area contributed by atoms with Crippen LogP contribution in [-0.4, -0.2) is 6.04 Å². The average molecular weight is 259 g/mol. The highest BCUT2D eigenvalue weighted by Crippen LogP contribution is 2.26. The van der Waals surface area contributed by atoms with Gasteiger partial charge in [-0.2, -0.15) is 0 Å². The summed E-state index contributed by atoms with van der Waals surface area (Å²) in [5, 5.41) is 3.75. The van der Waals surface area contributed by atoms with Crippen molar-refractivity contribution >= 4 is 0 Å². The van der Waals surface area contributed by atoms with E-state index < -0.39 is 0 Å². The van der Waals surface area contributed by atoms with Gasteiger partial charge in [-0.05, 0) is 35.8 Å². The van der Waals surface area contributed by atoms with Gasteiger partial charge in [-0.15, -0.1) is 0 Å². The number of hydrogen-bond acceptors (Lipinski definition) is 1. The molecule has 1 heteroatoms. The normalized spacial score (nSPS) is 23.8. The Morgan fingerprint density at radius 3 is 2.53 bits per heavy atom. The van der Waals surface area contributed by atoms with Crippen LogP contribution in [0.5, 0.6) is 0 Å². The first kappa shape index (κ1) is 14.6. The molecule has 0 amide bonds. The monoisotopic (exact) mass is 259 g/mol. The summed E-state index contributed by atoms with van der Waals surface area (Å²) in [6, 6.07) is 9.85. The molecule has 0 radical (unpaired) electrons. The van der Waals surface area contributed by atoms with Crippen molar-refractivity contribution in [1.29, 1.82) is 0 Å². The van der Waals surface area contributed by atoms with Gasteiger partial charge in [-0.1, -0.05) is 64.3 Å². The summed E-state index contributed by atoms with van der Waals surface area (Å²) in [5.41, 5.74) is 2.86. The van der Waals surface area contributed by atoms with Crippen LogP contribution in [0.2, 0.25) is 0 Å². The fourth-order valence-electron chi connectivity index (χ4n) is 3.13. The number of benzene rings is 1. The predicted octanol–water partition coefficient (Wildman–Crippen LogP) is 4.87. The molecule has 1 nitrogen and oxygen atoms in total. The Morgan fingerprint density at radius 1 is 1.16 bits per heavy atom. The van der Waals surface area contributed by atoms with Gasteiger partial charge < -0.3 is 5.32 Å². The highest BCUT2D eigenvalue weighted by molar-refractivity contribution is 5.24. The first-order chi connectivity index (χ1) is 9.19. The molecular formula is C18H29N. The van der Waals surface area contributed by atoms with Crippen LogP contribution < -0.4 is 5.32 Å². The van der Waals surface area contributed by atoms with Crippen LogP contribution in [-0.2, 0) is 6.54 Å². The van der Waals surface area contributed by atoms with Crippen LogP contribution in [0.25, 0.3) is 0 Å². The minimum absolute atomic E-state index is 0.630. The third kappa shape index (κ3) is 4.35. The highest BCUT2D eigenvalue weighted by Gasteiger charge is 2.19. The lowest BCUT2D eigenvalue weighted by molar-refractivity contribution is 0.278. The lowest BCUT2D eigenvalue weighted by atomic mass is 9.84. The Kier molecular flexibility index (Phi) is 5.45. The molecule has 1 aromatic carbocycles. The van der Waals surface area contributed by atoms with Crippen molar-refractivity contribution in [3.8, 4) is 0 Å². The molecular weight excluding hydrogens is 230 g/mol. The molecule has 1 saturated carbocycles. The van der Waals surface area contributed by atoms with Gasteiger partial charge in [-0.25, -0.2) is 0 Å². The van der Waals surface area contributed by atoms with E-state index in [4.69, 9.17) is 0 Å². The molecule has 1 aromatic rings. The van der Waals surface area contributed by atoms with E-state index in [0.29, 0.717) is 5.92 Å². The Hall–Kier alpha value is -0.820. The standard InChI is InChI=1S/C18H29N/c1-4-15-6-5-7-18(12-15)19-13-16-8-10-17(11-9-16)14(2)3/h8-11,14-15,18-19H,4-7,12-13H2,1-3H3. The van der Waals surface area contributed by atoms with Crippen molar-refractivity contribution in [3.05, 3.63) is 35.4 Å². The van der Waals surface area contributed by atoms with Gasteiger partial charge in [-0.3, -0.25) is 0 Å². The molecule has 19 heavy (non-hydrogen) atoms. The fraction of sp³-hybridized carbons (Fsp3) is 0.667. The zero-order valence-electron chi connectivity index (χ0n) is 12.8. The van der Waals surface area contributed by atoms with E-state index in [2.05, 4.69) is 50.4 Å². The number of rotatable bonds is 5. The molecule has 0 aliphatic heterocycles. The van der Waals surface area contributed by atoms with Crippen LogP contribution in [0, 0.1) is 5.92 Å². The van der Waals surface area contributed by atoms with E-state index in [1.807, 2.05) is 0 Å². The molecule has 2 rings (SSSR count). The van der Waals surface area contributed by atoms with Gasteiger partial charge in [0, 0.05) is 12.6 Å². The van der Waals surface area contributed by atoms with Crippen molar-refractivity contribution in [2.24, 2.45) is 5.92 Å². The molecule has 2 unspecified atom stereocenters. The summed E-state index contributed by atoms with van der Waals surface area (Å²) in [4.78, 5) is 0. The molecule has 0 saturated heterocycles. The maximum atomic E-state index is 3.75. The fourth-order valence-corrected chi connectivity index (χ4v) is 3.13. The van der Waals surface area contributed by atoms with Crippen molar-refractivity contribution in [2.75, 3.05) is 0 Å². The van der Waals surface area contributed by atoms with E-state index in [0.717, 1.165) is 18.5 Å². The molecule has 1 N–H and O–H groups in total. The summed E-state index contributed by atoms with van der Waals surface area (Å²) in [7, 11) is 0. The first-order valence-electron chi connectivity index (χ1n) is 8.01. The first-order valence-corrected chi connectivity index (χ1v) is 8.01. The van der Waals surface area contributed by atoms with Gasteiger partial charge in [0.1, 0.15) is 0 Å². The summed E-state index contributed by atoms with van der Waals surface area (Å²) < 4.78 is 0. The Morgan fingerprint density at radius 2 is 1.89 bits per heavy atom. The van der Waals surface area contributed by atoms with E-state index in [1.165, 1.54) is 43.2 Å². The smallest absolute Gasteiger partial charge is 0.0208 e. The molecule has 0 heterocycles. The van der Waals surface area contributed by atoms with Crippen LogP contribution >= 0.6 is 0 Å². The maximum absolute atomic E-state index is 3.75. The maximum Gasteiger partial charge on any atom is 0.0208 e. The van der Waals surface area contributed by atoms with Crippen LogP contribution in [0.4, 0.5) is 0 Å². The summed E-state index contributed by atoms with van der Waals surface area (Å²) in [5.74, 6) is 1.58. The number of nitrogens with one attached hydrogen (secondary N) is 1. The van der Waals surface area contributed by atoms with Crippen molar-refractivity contribution in [1.82, 2.24) is 5.32 Å². The second-order valence-corrected chi connectivity index (χ2v) is 6.41. The minimum Gasteiger partial charge on any atom is -0.310 e. The third-order valence-electron chi connectivity index (χ3n) is 4.60. The van der Waals surface area contributed by atoms with Crippen molar-refractivity contribution < 1.29 is 0 Å². The molecule has 0 aromatic heterocycles. The van der Waals surface area contributed by atoms with Gasteiger partial charge in [0.2, 0.25) is 0 Å². The molecule has 1 aliphatic carbocycles. The van der Waals surface area contributed by atoms with Crippen molar-refractivity contribution in [3.63, 3.8) is 0 Å². The summed E-state index contributed by atoms with van der Waals surface area (Å²) in [6.45, 7) is 7.86. The average Bonchev–Trinajstić information content (AvgIpc) is 2.46. The molecule has 1 aliphatic rings. The number of hydrogen-bond donors (Lipinski definition) is 1. The lowest BCUT2D eigenvalue weighted by Gasteiger charge is -2.29. The quantitative estimate of drug-likeness (QED) is 0.795. The summed E-state index contributed by atoms with van der Waals surface area (Å²) in [6.07, 6.45) is 6.93. The van der Waals surface area contributed by atoms with Crippen LogP contribution in [0.1, 0.15) is 69.9 Å². The molecule has 0 spiro atoms. The van der Waals surface area contributed by atoms with E-state index in [9.17, 15) is 0 Å². The second kappa shape index (κ2) is 7.09. The zero-order valence-corrected chi connectivity index (χ0v) is 12.8. The SMILES string of the molecule is CCC1CCCC(NCc2ccc(C(C)C)cc2)C1. The second-order valence-electron chi connectivity index (χ2n) is 6.41. The minimum atomic E-state index is 0.630. The topological polar surface area (TPSA) is 12.0 Å². The van der Waals surface area contributed by atoms with Crippen LogP contribution in [0.15, 0.2) is 24.3 Å². The Bertz CT molecular complexity index is 366. The molecule has 2 atom stereocenters. The van der Waals surface area contributed by atoms with Gasteiger partial charge in [0.05, 0.1) is 0 Å². The van der Waals surface area contributed by atoms with E-state index in [-0.39, 0.29) is 0 Å². The lowest BCUT2D eigenvalue weighted by Crippen LogP contribution is -2.33. The van der Waals surface area contributed by atoms with E-state index >= 15 is 0 Å². The molecule has 0 bridgehead atoms. The van der Waals surface area contributed by atoms with E-state index in [1.54, 1.807) is 0 Å². The van der Waals surface area contributed by atoms with Gasteiger partial charge >= 0.3 is 0 Å². The third-order valence-corrected chi connectivity index (χ3v) is 4.60. The summed E-state index contributed by atoms with van der Waals surface area (Å²) >= 11 is 0.